The van der Waals surface area contributed by atoms with Crippen LogP contribution in [-0.4, -0.2) is 15.9 Å². The van der Waals surface area contributed by atoms with Crippen LogP contribution in [0.3, 0.4) is 0 Å². The smallest absolute Gasteiger partial charge is 0.397 e. The number of hydrogen-bond donors (Lipinski definition) is 2. The van der Waals surface area contributed by atoms with Crippen LogP contribution in [0.5, 0.6) is 0 Å². The number of anilines is 2. The number of nitrogens with two attached hydrogens (primary N) is 1. The number of hydrogen-bond acceptors (Lipinski definition) is 6. The van der Waals surface area contributed by atoms with Crippen LogP contribution in [0.2, 0.25) is 0 Å². The van der Waals surface area contributed by atoms with Crippen molar-refractivity contribution < 1.29 is 18.0 Å². The molecule has 0 fully saturated rings. The second-order valence-corrected chi connectivity index (χ2v) is 8.83. The minimum Gasteiger partial charge on any atom is -0.397 e. The lowest BCUT2D eigenvalue weighted by atomic mass is 10.1. The fraction of sp³-hybridized carbons (Fsp3) is 0.0455. The number of halogens is 3. The van der Waals surface area contributed by atoms with Crippen LogP contribution in [0.25, 0.3) is 31.7 Å². The van der Waals surface area contributed by atoms with Gasteiger partial charge in [0, 0.05) is 17.0 Å². The van der Waals surface area contributed by atoms with Crippen LogP contribution in [0.15, 0.2) is 60.1 Å². The fourth-order valence-corrected chi connectivity index (χ4v) is 5.16. The Kier molecular flexibility index (Phi) is 4.83. The average Bonchev–Trinajstić information content (AvgIpc) is 3.41. The SMILES string of the molecule is Nc1c(C(=O)Nc2cccc3ncccc23)sc2nc(-c3cccs3)cc(C(F)(F)F)c12. The Morgan fingerprint density at radius 2 is 1.94 bits per heavy atom. The maximum atomic E-state index is 13.9. The van der Waals surface area contributed by atoms with Crippen LogP contribution in [-0.2, 0) is 6.18 Å². The lowest BCUT2D eigenvalue weighted by molar-refractivity contribution is -0.136. The third-order valence-electron chi connectivity index (χ3n) is 4.88. The second kappa shape index (κ2) is 7.57. The molecule has 10 heteroatoms. The molecule has 0 radical (unpaired) electrons. The summed E-state index contributed by atoms with van der Waals surface area (Å²) in [5.74, 6) is -0.604. The monoisotopic (exact) mass is 470 g/mol. The van der Waals surface area contributed by atoms with Gasteiger partial charge in [0.15, 0.2) is 0 Å². The molecule has 5 aromatic rings. The molecule has 3 N–H and O–H groups in total. The molecule has 160 valence electrons. The van der Waals surface area contributed by atoms with Crippen LogP contribution < -0.4 is 11.1 Å². The van der Waals surface area contributed by atoms with Crippen molar-refractivity contribution in [1.29, 1.82) is 0 Å². The van der Waals surface area contributed by atoms with E-state index in [1.165, 1.54) is 11.3 Å². The summed E-state index contributed by atoms with van der Waals surface area (Å²) in [7, 11) is 0. The number of nitrogens with one attached hydrogen (secondary N) is 1. The zero-order valence-corrected chi connectivity index (χ0v) is 17.7. The Morgan fingerprint density at radius 1 is 1.09 bits per heavy atom. The van der Waals surface area contributed by atoms with Gasteiger partial charge in [0.2, 0.25) is 0 Å². The summed E-state index contributed by atoms with van der Waals surface area (Å²) in [6.45, 7) is 0. The van der Waals surface area contributed by atoms with E-state index >= 15 is 0 Å². The van der Waals surface area contributed by atoms with Crippen molar-refractivity contribution in [3.8, 4) is 10.6 Å². The number of alkyl halides is 3. The highest BCUT2D eigenvalue weighted by Gasteiger charge is 2.36. The highest BCUT2D eigenvalue weighted by atomic mass is 32.1. The standard InChI is InChI=1S/C22H13F3N4OS2/c23-22(24,25)12-10-15(16-7-3-9-31-16)29-21-17(12)18(26)19(32-21)20(30)28-14-6-1-5-13-11(14)4-2-8-27-13/h1-10H,26H2,(H,28,30). The molecule has 0 aliphatic carbocycles. The first-order valence-corrected chi connectivity index (χ1v) is 11.0. The van der Waals surface area contributed by atoms with Gasteiger partial charge in [-0.25, -0.2) is 4.98 Å². The number of thiophene rings is 2. The van der Waals surface area contributed by atoms with Gasteiger partial charge >= 0.3 is 6.18 Å². The van der Waals surface area contributed by atoms with Gasteiger partial charge in [-0.05, 0) is 41.8 Å². The molecule has 0 saturated heterocycles. The summed E-state index contributed by atoms with van der Waals surface area (Å²) >= 11 is 2.12. The highest BCUT2D eigenvalue weighted by Crippen LogP contribution is 2.44. The first-order chi connectivity index (χ1) is 15.3. The minimum atomic E-state index is -4.66. The van der Waals surface area contributed by atoms with Gasteiger partial charge in [-0.15, -0.1) is 22.7 Å². The van der Waals surface area contributed by atoms with Crippen molar-refractivity contribution in [1.82, 2.24) is 9.97 Å². The Morgan fingerprint density at radius 3 is 2.69 bits per heavy atom. The van der Waals surface area contributed by atoms with Crippen molar-refractivity contribution in [2.45, 2.75) is 6.18 Å². The molecule has 4 aromatic heterocycles. The molecule has 1 amide bonds. The number of fused-ring (bicyclic) bond motifs is 2. The third-order valence-corrected chi connectivity index (χ3v) is 6.87. The molecular weight excluding hydrogens is 457 g/mol. The van der Waals surface area contributed by atoms with Crippen LogP contribution >= 0.6 is 22.7 Å². The van der Waals surface area contributed by atoms with Crippen LogP contribution in [0.4, 0.5) is 24.5 Å². The summed E-state index contributed by atoms with van der Waals surface area (Å²) in [5.41, 5.74) is 6.28. The van der Waals surface area contributed by atoms with E-state index < -0.39 is 17.6 Å². The van der Waals surface area contributed by atoms with Gasteiger partial charge in [0.05, 0.1) is 33.0 Å². The van der Waals surface area contributed by atoms with Crippen molar-refractivity contribution in [3.05, 3.63) is 70.5 Å². The molecule has 4 heterocycles. The van der Waals surface area contributed by atoms with Crippen molar-refractivity contribution in [2.75, 3.05) is 11.1 Å². The predicted octanol–water partition coefficient (Wildman–Crippen LogP) is 6.43. The third kappa shape index (κ3) is 3.47. The zero-order valence-electron chi connectivity index (χ0n) is 16.1. The highest BCUT2D eigenvalue weighted by molar-refractivity contribution is 7.21. The van der Waals surface area contributed by atoms with E-state index in [4.69, 9.17) is 5.73 Å². The van der Waals surface area contributed by atoms with E-state index in [2.05, 4.69) is 15.3 Å². The number of carbonyl (C=O) groups excluding carboxylic acids is 1. The van der Waals surface area contributed by atoms with E-state index in [9.17, 15) is 18.0 Å². The molecule has 0 atom stereocenters. The number of nitrogen functional groups attached to an aromatic ring is 1. The van der Waals surface area contributed by atoms with E-state index in [1.807, 2.05) is 0 Å². The molecular formula is C22H13F3N4OS2. The summed E-state index contributed by atoms with van der Waals surface area (Å²) in [4.78, 5) is 22.3. The lowest BCUT2D eigenvalue weighted by Crippen LogP contribution is -2.13. The fourth-order valence-electron chi connectivity index (χ4n) is 3.46. The molecule has 1 aromatic carbocycles. The molecule has 0 aliphatic rings. The van der Waals surface area contributed by atoms with Crippen molar-refractivity contribution in [2.24, 2.45) is 0 Å². The number of aromatic nitrogens is 2. The van der Waals surface area contributed by atoms with E-state index in [0.717, 1.165) is 17.4 Å². The molecule has 0 spiro atoms. The summed E-state index contributed by atoms with van der Waals surface area (Å²) < 4.78 is 41.6. The summed E-state index contributed by atoms with van der Waals surface area (Å²) in [6.07, 6.45) is -3.02. The second-order valence-electron chi connectivity index (χ2n) is 6.88. The largest absolute Gasteiger partial charge is 0.417 e. The zero-order chi connectivity index (χ0) is 22.5. The Hall–Kier alpha value is -3.50. The van der Waals surface area contributed by atoms with E-state index in [0.29, 0.717) is 21.5 Å². The van der Waals surface area contributed by atoms with Gasteiger partial charge in [-0.1, -0.05) is 12.1 Å². The average molecular weight is 471 g/mol. The van der Waals surface area contributed by atoms with Crippen LogP contribution in [0.1, 0.15) is 15.2 Å². The first kappa shape index (κ1) is 20.4. The number of amides is 1. The van der Waals surface area contributed by atoms with Gasteiger partial charge in [0.1, 0.15) is 9.71 Å². The summed E-state index contributed by atoms with van der Waals surface area (Å²) in [5, 5.41) is 4.96. The van der Waals surface area contributed by atoms with Gasteiger partial charge < -0.3 is 11.1 Å². The maximum absolute atomic E-state index is 13.9. The number of benzene rings is 1. The topological polar surface area (TPSA) is 80.9 Å². The number of nitrogens with zero attached hydrogens (tertiary/aromatic N) is 2. The summed E-state index contributed by atoms with van der Waals surface area (Å²) in [6, 6.07) is 13.2. The lowest BCUT2D eigenvalue weighted by Gasteiger charge is -2.11. The number of pyridine rings is 2. The predicted molar refractivity (Wildman–Crippen MR) is 122 cm³/mol. The van der Waals surface area contributed by atoms with Crippen LogP contribution in [0, 0.1) is 0 Å². The Labute approximate surface area is 187 Å². The van der Waals surface area contributed by atoms with Crippen molar-refractivity contribution >= 4 is 61.1 Å². The number of carbonyl (C=O) groups is 1. The van der Waals surface area contributed by atoms with Crippen molar-refractivity contribution in [3.63, 3.8) is 0 Å². The quantitative estimate of drug-likeness (QED) is 0.319. The first-order valence-electron chi connectivity index (χ1n) is 9.32. The van der Waals surface area contributed by atoms with Gasteiger partial charge in [0.25, 0.3) is 5.91 Å². The normalized spacial score (nSPS) is 11.8. The molecule has 0 saturated carbocycles. The van der Waals surface area contributed by atoms with E-state index in [-0.39, 0.29) is 26.5 Å². The van der Waals surface area contributed by atoms with Gasteiger partial charge in [-0.3, -0.25) is 9.78 Å². The van der Waals surface area contributed by atoms with E-state index in [1.54, 1.807) is 54.0 Å². The Bertz CT molecular complexity index is 1470. The molecule has 0 aliphatic heterocycles. The Balaban J connectivity index is 1.63. The van der Waals surface area contributed by atoms with Gasteiger partial charge in [-0.2, -0.15) is 13.2 Å². The molecule has 32 heavy (non-hydrogen) atoms. The molecule has 5 nitrogen and oxygen atoms in total. The molecule has 0 unspecified atom stereocenters. The molecule has 0 bridgehead atoms. The number of rotatable bonds is 3. The minimum absolute atomic E-state index is 0.0257. The maximum Gasteiger partial charge on any atom is 0.417 e. The molecule has 5 rings (SSSR count).